The number of halogens is 1. The molecule has 2 aromatic rings. The van der Waals surface area contributed by atoms with E-state index in [1.54, 1.807) is 43.3 Å². The molecule has 1 aliphatic carbocycles. The summed E-state index contributed by atoms with van der Waals surface area (Å²) in [6, 6.07) is 11.0. The summed E-state index contributed by atoms with van der Waals surface area (Å²) in [5.74, 6) is -0.0706. The van der Waals surface area contributed by atoms with Crippen LogP contribution < -0.4 is 19.1 Å². The lowest BCUT2D eigenvalue weighted by atomic mass is 9.95. The Hall–Kier alpha value is -2.98. The number of ether oxygens (including phenoxy) is 2. The molecule has 0 aromatic heterocycles. The fraction of sp³-hybridized carbons (Fsp3) is 0.481. The molecule has 9 nitrogen and oxygen atoms in total. The van der Waals surface area contributed by atoms with Crippen molar-refractivity contribution in [3.63, 3.8) is 0 Å². The number of benzene rings is 2. The summed E-state index contributed by atoms with van der Waals surface area (Å²) in [7, 11) is -3.84. The van der Waals surface area contributed by atoms with Crippen LogP contribution in [-0.4, -0.2) is 56.3 Å². The van der Waals surface area contributed by atoms with Crippen molar-refractivity contribution in [1.29, 1.82) is 0 Å². The number of nitrogens with zero attached hydrogens (tertiary/aromatic N) is 2. The lowest BCUT2D eigenvalue weighted by molar-refractivity contribution is -0.139. The summed E-state index contributed by atoms with van der Waals surface area (Å²) in [5.41, 5.74) is 1.02. The van der Waals surface area contributed by atoms with Gasteiger partial charge in [-0.25, -0.2) is 8.42 Å². The van der Waals surface area contributed by atoms with Crippen molar-refractivity contribution >= 4 is 39.1 Å². The SMILES string of the molecule is CCS(=O)(=O)N(CC(=O)N(Cc1cccc(Cl)c1)[C@@H](C)C(=O)NC1CCCCC1)c1ccc2c(c1)OCO2. The van der Waals surface area contributed by atoms with E-state index in [4.69, 9.17) is 21.1 Å². The maximum Gasteiger partial charge on any atom is 0.244 e. The van der Waals surface area contributed by atoms with Gasteiger partial charge in [0.2, 0.25) is 28.6 Å². The van der Waals surface area contributed by atoms with Gasteiger partial charge in [-0.05, 0) is 56.5 Å². The highest BCUT2D eigenvalue weighted by Crippen LogP contribution is 2.36. The Morgan fingerprint density at radius 3 is 2.53 bits per heavy atom. The van der Waals surface area contributed by atoms with E-state index < -0.39 is 28.5 Å². The predicted octanol–water partition coefficient (Wildman–Crippen LogP) is 4.09. The van der Waals surface area contributed by atoms with Crippen LogP contribution >= 0.6 is 11.6 Å². The molecule has 1 N–H and O–H groups in total. The number of hydrogen-bond donors (Lipinski definition) is 1. The summed E-state index contributed by atoms with van der Waals surface area (Å²) in [4.78, 5) is 28.5. The maximum atomic E-state index is 13.8. The van der Waals surface area contributed by atoms with Gasteiger partial charge in [0.05, 0.1) is 11.4 Å². The van der Waals surface area contributed by atoms with Gasteiger partial charge in [-0.3, -0.25) is 13.9 Å². The Balaban J connectivity index is 1.61. The summed E-state index contributed by atoms with van der Waals surface area (Å²) in [6.07, 6.45) is 5.09. The van der Waals surface area contributed by atoms with Gasteiger partial charge < -0.3 is 19.7 Å². The molecule has 1 heterocycles. The zero-order valence-electron chi connectivity index (χ0n) is 21.7. The fourth-order valence-electron chi connectivity index (χ4n) is 4.74. The normalized spacial score (nSPS) is 16.1. The van der Waals surface area contributed by atoms with E-state index >= 15 is 0 Å². The number of fused-ring (bicyclic) bond motifs is 1. The molecular weight excluding hydrogens is 530 g/mol. The second-order valence-electron chi connectivity index (χ2n) is 9.62. The quantitative estimate of drug-likeness (QED) is 0.467. The second kappa shape index (κ2) is 12.3. The molecular formula is C27H34ClN3O6S. The van der Waals surface area contributed by atoms with Crippen molar-refractivity contribution in [2.24, 2.45) is 0 Å². The van der Waals surface area contributed by atoms with Gasteiger partial charge in [-0.1, -0.05) is 43.0 Å². The highest BCUT2D eigenvalue weighted by molar-refractivity contribution is 7.92. The summed E-state index contributed by atoms with van der Waals surface area (Å²) < 4.78 is 38.0. The molecule has 4 rings (SSSR count). The average molecular weight is 564 g/mol. The van der Waals surface area contributed by atoms with Crippen molar-refractivity contribution in [1.82, 2.24) is 10.2 Å². The van der Waals surface area contributed by atoms with Crippen LogP contribution in [0.1, 0.15) is 51.5 Å². The number of carbonyl (C=O) groups excluding carboxylic acids is 2. The third-order valence-electron chi connectivity index (χ3n) is 6.98. The first kappa shape index (κ1) is 28.0. The molecule has 206 valence electrons. The first-order valence-corrected chi connectivity index (χ1v) is 14.9. The summed E-state index contributed by atoms with van der Waals surface area (Å²) in [5, 5.41) is 3.59. The Morgan fingerprint density at radius 2 is 1.82 bits per heavy atom. The van der Waals surface area contributed by atoms with Crippen molar-refractivity contribution in [3.8, 4) is 11.5 Å². The van der Waals surface area contributed by atoms with Crippen LogP contribution in [0.25, 0.3) is 0 Å². The maximum absolute atomic E-state index is 13.8. The average Bonchev–Trinajstić information content (AvgIpc) is 3.38. The van der Waals surface area contributed by atoms with Gasteiger partial charge in [0, 0.05) is 23.7 Å². The Bertz CT molecular complexity index is 1270. The van der Waals surface area contributed by atoms with Crippen LogP contribution in [0.4, 0.5) is 5.69 Å². The Kier molecular flexibility index (Phi) is 9.04. The van der Waals surface area contributed by atoms with Crippen molar-refractivity contribution in [3.05, 3.63) is 53.1 Å². The molecule has 0 bridgehead atoms. The molecule has 0 radical (unpaired) electrons. The van der Waals surface area contributed by atoms with Crippen molar-refractivity contribution in [2.45, 2.75) is 64.6 Å². The number of sulfonamides is 1. The molecule has 0 saturated heterocycles. The minimum atomic E-state index is -3.84. The van der Waals surface area contributed by atoms with E-state index in [0.717, 1.165) is 42.0 Å². The summed E-state index contributed by atoms with van der Waals surface area (Å²) >= 11 is 6.18. The minimum Gasteiger partial charge on any atom is -0.454 e. The van der Waals surface area contributed by atoms with Gasteiger partial charge in [0.1, 0.15) is 12.6 Å². The van der Waals surface area contributed by atoms with Gasteiger partial charge in [-0.15, -0.1) is 0 Å². The molecule has 2 amide bonds. The van der Waals surface area contributed by atoms with Crippen LogP contribution in [0.15, 0.2) is 42.5 Å². The fourth-order valence-corrected chi connectivity index (χ4v) is 6.01. The van der Waals surface area contributed by atoms with Gasteiger partial charge in [0.25, 0.3) is 0 Å². The highest BCUT2D eigenvalue weighted by atomic mass is 35.5. The van der Waals surface area contributed by atoms with E-state index in [1.165, 1.54) is 11.8 Å². The topological polar surface area (TPSA) is 105 Å². The molecule has 1 aliphatic heterocycles. The smallest absolute Gasteiger partial charge is 0.244 e. The molecule has 0 spiro atoms. The van der Waals surface area contributed by atoms with Gasteiger partial charge in [0.15, 0.2) is 11.5 Å². The zero-order chi connectivity index (χ0) is 27.3. The second-order valence-corrected chi connectivity index (χ2v) is 12.2. The third kappa shape index (κ3) is 6.71. The lowest BCUT2D eigenvalue weighted by Crippen LogP contribution is -2.53. The third-order valence-corrected chi connectivity index (χ3v) is 8.96. The number of hydrogen-bond acceptors (Lipinski definition) is 6. The van der Waals surface area contributed by atoms with Gasteiger partial charge in [-0.2, -0.15) is 0 Å². The van der Waals surface area contributed by atoms with Crippen LogP contribution in [0.2, 0.25) is 5.02 Å². The number of carbonyl (C=O) groups is 2. The first-order chi connectivity index (χ1) is 18.2. The van der Waals surface area contributed by atoms with Gasteiger partial charge >= 0.3 is 0 Å². The Labute approximate surface area is 229 Å². The summed E-state index contributed by atoms with van der Waals surface area (Å²) in [6.45, 7) is 2.85. The predicted molar refractivity (Wildman–Crippen MR) is 146 cm³/mol. The molecule has 2 aliphatic rings. The highest BCUT2D eigenvalue weighted by Gasteiger charge is 2.32. The van der Waals surface area contributed by atoms with Crippen LogP contribution in [-0.2, 0) is 26.2 Å². The van der Waals surface area contributed by atoms with Crippen LogP contribution in [0.5, 0.6) is 11.5 Å². The molecule has 0 unspecified atom stereocenters. The standard InChI is InChI=1S/C27H34ClN3O6S/c1-3-38(34,35)31(23-12-13-24-25(15-23)37-18-36-24)17-26(32)30(16-20-8-7-9-21(28)14-20)19(2)27(33)29-22-10-5-4-6-11-22/h7-9,12-15,19,22H,3-6,10-11,16-18H2,1-2H3,(H,29,33)/t19-/m0/s1. The lowest BCUT2D eigenvalue weighted by Gasteiger charge is -2.33. The minimum absolute atomic E-state index is 0.0410. The van der Waals surface area contributed by atoms with E-state index in [-0.39, 0.29) is 36.7 Å². The largest absolute Gasteiger partial charge is 0.454 e. The van der Waals surface area contributed by atoms with Crippen LogP contribution in [0, 0.1) is 0 Å². The molecule has 1 atom stereocenters. The Morgan fingerprint density at radius 1 is 1.08 bits per heavy atom. The van der Waals surface area contributed by atoms with Crippen molar-refractivity contribution < 1.29 is 27.5 Å². The van der Waals surface area contributed by atoms with Crippen LogP contribution in [0.3, 0.4) is 0 Å². The van der Waals surface area contributed by atoms with E-state index in [2.05, 4.69) is 5.32 Å². The molecule has 11 heteroatoms. The van der Waals surface area contributed by atoms with E-state index in [9.17, 15) is 18.0 Å². The zero-order valence-corrected chi connectivity index (χ0v) is 23.3. The van der Waals surface area contributed by atoms with E-state index in [0.29, 0.717) is 16.5 Å². The molecule has 38 heavy (non-hydrogen) atoms. The van der Waals surface area contributed by atoms with E-state index in [1.807, 2.05) is 6.07 Å². The molecule has 1 fully saturated rings. The molecule has 1 saturated carbocycles. The number of nitrogens with one attached hydrogen (secondary N) is 1. The first-order valence-electron chi connectivity index (χ1n) is 12.9. The van der Waals surface area contributed by atoms with Crippen molar-refractivity contribution in [2.75, 3.05) is 23.4 Å². The monoisotopic (exact) mass is 563 g/mol. The number of amides is 2. The number of rotatable bonds is 10. The molecule has 2 aromatic carbocycles. The number of anilines is 1.